The van der Waals surface area contributed by atoms with Crippen LogP contribution in [0.25, 0.3) is 0 Å². The van der Waals surface area contributed by atoms with Gasteiger partial charge in [0.15, 0.2) is 5.78 Å². The third kappa shape index (κ3) is 3.59. The summed E-state index contributed by atoms with van der Waals surface area (Å²) in [6.07, 6.45) is 0.966. The van der Waals surface area contributed by atoms with Gasteiger partial charge < -0.3 is 5.73 Å². The van der Waals surface area contributed by atoms with Crippen molar-refractivity contribution in [2.24, 2.45) is 11.1 Å². The molecule has 2 N–H and O–H groups in total. The van der Waals surface area contributed by atoms with E-state index in [2.05, 4.69) is 6.07 Å². The van der Waals surface area contributed by atoms with E-state index >= 15 is 0 Å². The largest absolute Gasteiger partial charge is 0.384 e. The number of Topliss-reactive ketones (excluding diaryl/α,β-unsaturated/α-hetero) is 1. The Bertz CT molecular complexity index is 1250. The van der Waals surface area contributed by atoms with Gasteiger partial charge in [0.2, 0.25) is 0 Å². The molecule has 4 rings (SSSR count). The molecule has 4 nitrogen and oxygen atoms in total. The lowest BCUT2D eigenvalue weighted by atomic mass is 9.68. The second-order valence-corrected chi connectivity index (χ2v) is 9.85. The first-order valence-corrected chi connectivity index (χ1v) is 10.9. The lowest BCUT2D eigenvalue weighted by Crippen LogP contribution is -2.42. The monoisotopic (exact) mass is 449 g/mol. The highest BCUT2D eigenvalue weighted by Crippen LogP contribution is 2.50. The van der Waals surface area contributed by atoms with Crippen LogP contribution in [0.3, 0.4) is 0 Å². The number of halogens is 2. The molecule has 0 saturated heterocycles. The second-order valence-electron chi connectivity index (χ2n) is 9.44. The normalized spacial score (nSPS) is 20.3. The smallest absolute Gasteiger partial charge is 0.162 e. The van der Waals surface area contributed by atoms with Crippen LogP contribution in [0.5, 0.6) is 0 Å². The molecule has 1 atom stereocenters. The molecule has 2 aromatic rings. The molecular formula is C26H25ClFN3O. The minimum absolute atomic E-state index is 0.000569. The molecule has 0 saturated carbocycles. The molecule has 2 aromatic carbocycles. The van der Waals surface area contributed by atoms with Crippen molar-refractivity contribution in [3.8, 4) is 6.07 Å². The molecule has 0 amide bonds. The quantitative estimate of drug-likeness (QED) is 0.607. The van der Waals surface area contributed by atoms with Gasteiger partial charge in [-0.25, -0.2) is 4.39 Å². The number of hydrogen-bond donors (Lipinski definition) is 1. The van der Waals surface area contributed by atoms with Crippen LogP contribution < -0.4 is 10.6 Å². The maximum absolute atomic E-state index is 13.9. The summed E-state index contributed by atoms with van der Waals surface area (Å²) in [6, 6.07) is 12.6. The topological polar surface area (TPSA) is 70.1 Å². The number of anilines is 1. The van der Waals surface area contributed by atoms with E-state index in [1.165, 1.54) is 12.1 Å². The number of nitriles is 1. The Kier molecular flexibility index (Phi) is 5.38. The number of carbonyl (C=O) groups excluding carboxylic acids is 1. The molecule has 0 aromatic heterocycles. The Morgan fingerprint density at radius 2 is 1.91 bits per heavy atom. The number of rotatable bonds is 2. The van der Waals surface area contributed by atoms with Crippen molar-refractivity contribution in [2.75, 3.05) is 4.90 Å². The van der Waals surface area contributed by atoms with Gasteiger partial charge in [0.1, 0.15) is 11.6 Å². The van der Waals surface area contributed by atoms with E-state index in [0.717, 1.165) is 22.4 Å². The maximum atomic E-state index is 13.9. The molecule has 0 bridgehead atoms. The van der Waals surface area contributed by atoms with Crippen LogP contribution in [-0.2, 0) is 4.79 Å². The zero-order valence-corrected chi connectivity index (χ0v) is 19.3. The van der Waals surface area contributed by atoms with Gasteiger partial charge in [0, 0.05) is 23.4 Å². The minimum atomic E-state index is -0.544. The van der Waals surface area contributed by atoms with E-state index in [1.807, 2.05) is 45.9 Å². The van der Waals surface area contributed by atoms with Crippen LogP contribution in [0.2, 0.25) is 5.02 Å². The zero-order chi connectivity index (χ0) is 23.4. The number of ketones is 1. The summed E-state index contributed by atoms with van der Waals surface area (Å²) in [4.78, 5) is 15.3. The molecule has 0 spiro atoms. The molecular weight excluding hydrogens is 425 g/mol. The van der Waals surface area contributed by atoms with Crippen LogP contribution in [0, 0.1) is 36.4 Å². The van der Waals surface area contributed by atoms with Crippen molar-refractivity contribution in [3.63, 3.8) is 0 Å². The Morgan fingerprint density at radius 3 is 2.56 bits per heavy atom. The van der Waals surface area contributed by atoms with Crippen LogP contribution >= 0.6 is 11.6 Å². The molecule has 0 fully saturated rings. The molecule has 2 aliphatic rings. The van der Waals surface area contributed by atoms with E-state index in [1.54, 1.807) is 11.0 Å². The minimum Gasteiger partial charge on any atom is -0.384 e. The van der Waals surface area contributed by atoms with Gasteiger partial charge in [0.05, 0.1) is 22.6 Å². The van der Waals surface area contributed by atoms with Gasteiger partial charge >= 0.3 is 0 Å². The van der Waals surface area contributed by atoms with Gasteiger partial charge in [-0.3, -0.25) is 9.69 Å². The Balaban J connectivity index is 2.04. The van der Waals surface area contributed by atoms with Gasteiger partial charge in [-0.2, -0.15) is 5.26 Å². The predicted molar refractivity (Wildman–Crippen MR) is 124 cm³/mol. The predicted octanol–water partition coefficient (Wildman–Crippen LogP) is 6.04. The molecule has 32 heavy (non-hydrogen) atoms. The van der Waals surface area contributed by atoms with Gasteiger partial charge in [-0.1, -0.05) is 49.2 Å². The van der Waals surface area contributed by atoms with E-state index in [0.29, 0.717) is 29.7 Å². The Labute approximate surface area is 192 Å². The summed E-state index contributed by atoms with van der Waals surface area (Å²) in [7, 11) is 0. The molecule has 0 radical (unpaired) electrons. The summed E-state index contributed by atoms with van der Waals surface area (Å²) < 4.78 is 13.9. The first kappa shape index (κ1) is 22.1. The maximum Gasteiger partial charge on any atom is 0.162 e. The summed E-state index contributed by atoms with van der Waals surface area (Å²) >= 11 is 6.07. The summed E-state index contributed by atoms with van der Waals surface area (Å²) in [5, 5.41) is 10.1. The third-order valence-electron chi connectivity index (χ3n) is 6.29. The first-order valence-electron chi connectivity index (χ1n) is 10.5. The molecule has 1 aliphatic heterocycles. The van der Waals surface area contributed by atoms with E-state index < -0.39 is 11.7 Å². The van der Waals surface area contributed by atoms with Crippen molar-refractivity contribution in [1.29, 1.82) is 5.26 Å². The highest BCUT2D eigenvalue weighted by molar-refractivity contribution is 6.31. The fourth-order valence-corrected chi connectivity index (χ4v) is 4.98. The SMILES string of the molecule is Cc1ccc(C)c(C2C(C#N)=C(N)N(c3ccc(F)c(Cl)c3)C3=C2C(=O)CC(C)(C)C3)c1. The number of carbonyl (C=O) groups is 1. The highest BCUT2D eigenvalue weighted by Gasteiger charge is 2.45. The van der Waals surface area contributed by atoms with Gasteiger partial charge in [0.25, 0.3) is 0 Å². The molecule has 6 heteroatoms. The fraction of sp³-hybridized carbons (Fsp3) is 0.308. The summed E-state index contributed by atoms with van der Waals surface area (Å²) in [5.74, 6) is -0.838. The van der Waals surface area contributed by atoms with Crippen molar-refractivity contribution in [1.82, 2.24) is 0 Å². The van der Waals surface area contributed by atoms with Crippen LogP contribution in [0.1, 0.15) is 49.3 Å². The molecule has 164 valence electrons. The second kappa shape index (κ2) is 7.79. The first-order chi connectivity index (χ1) is 15.0. The Hall–Kier alpha value is -3.10. The fourth-order valence-electron chi connectivity index (χ4n) is 4.81. The average Bonchev–Trinajstić information content (AvgIpc) is 2.70. The summed E-state index contributed by atoms with van der Waals surface area (Å²) in [6.45, 7) is 8.04. The summed E-state index contributed by atoms with van der Waals surface area (Å²) in [5.41, 5.74) is 11.4. The zero-order valence-electron chi connectivity index (χ0n) is 18.6. The van der Waals surface area contributed by atoms with Crippen LogP contribution in [-0.4, -0.2) is 5.78 Å². The van der Waals surface area contributed by atoms with Crippen LogP contribution in [0.4, 0.5) is 10.1 Å². The van der Waals surface area contributed by atoms with Gasteiger partial charge in [-0.15, -0.1) is 0 Å². The number of nitrogens with zero attached hydrogens (tertiary/aromatic N) is 2. The number of aryl methyl sites for hydroxylation is 2. The van der Waals surface area contributed by atoms with E-state index in [4.69, 9.17) is 17.3 Å². The van der Waals surface area contributed by atoms with E-state index in [9.17, 15) is 14.4 Å². The lowest BCUT2D eigenvalue weighted by molar-refractivity contribution is -0.118. The van der Waals surface area contributed by atoms with Crippen molar-refractivity contribution < 1.29 is 9.18 Å². The third-order valence-corrected chi connectivity index (χ3v) is 6.58. The van der Waals surface area contributed by atoms with Crippen molar-refractivity contribution >= 4 is 23.1 Å². The van der Waals surface area contributed by atoms with Crippen molar-refractivity contribution in [3.05, 3.63) is 86.6 Å². The molecule has 1 aliphatic carbocycles. The number of nitrogens with two attached hydrogens (primary N) is 1. The van der Waals surface area contributed by atoms with Gasteiger partial charge in [-0.05, 0) is 55.0 Å². The molecule has 1 heterocycles. The van der Waals surface area contributed by atoms with Crippen LogP contribution in [0.15, 0.2) is 59.1 Å². The average molecular weight is 450 g/mol. The molecule has 1 unspecified atom stereocenters. The standard InChI is InChI=1S/C26H25ClFN3O/c1-14-5-6-15(2)17(9-14)23-18(13-29)25(30)31(16-7-8-20(28)19(27)10-16)21-11-26(3,4)12-22(32)24(21)23/h5-10,23H,11-12,30H2,1-4H3. The van der Waals surface area contributed by atoms with Crippen molar-refractivity contribution in [2.45, 2.75) is 46.5 Å². The van der Waals surface area contributed by atoms with E-state index in [-0.39, 0.29) is 22.0 Å². The number of hydrogen-bond acceptors (Lipinski definition) is 4. The number of allylic oxidation sites excluding steroid dienone is 3. The lowest BCUT2D eigenvalue weighted by Gasteiger charge is -2.44. The number of benzene rings is 2. The Morgan fingerprint density at radius 1 is 1.19 bits per heavy atom. The highest BCUT2D eigenvalue weighted by atomic mass is 35.5.